The molecular weight excluding hydrogens is 504 g/mol. The molecule has 2 N–H and O–H groups in total. The lowest BCUT2D eigenvalue weighted by molar-refractivity contribution is -0.153. The van der Waals surface area contributed by atoms with Crippen molar-refractivity contribution in [2.75, 3.05) is 13.2 Å². The molecule has 2 aromatic rings. The smallest absolute Gasteiger partial charge is 0.309 e. The molecule has 4 atom stereocenters. The maximum atomic E-state index is 13.3. The number of aliphatic hydroxyl groups is 1. The van der Waals surface area contributed by atoms with Crippen molar-refractivity contribution in [1.82, 2.24) is 10.2 Å². The highest BCUT2D eigenvalue weighted by atomic mass is 16.5. The van der Waals surface area contributed by atoms with Gasteiger partial charge in [0.2, 0.25) is 11.8 Å². The Morgan fingerprint density at radius 1 is 1.05 bits per heavy atom. The highest BCUT2D eigenvalue weighted by Crippen LogP contribution is 2.25. The van der Waals surface area contributed by atoms with Gasteiger partial charge in [-0.05, 0) is 55.7 Å². The lowest BCUT2D eigenvalue weighted by Crippen LogP contribution is -2.47. The number of hydrogen-bond donors (Lipinski definition) is 2. The molecule has 1 aliphatic rings. The Balaban J connectivity index is 1.55. The van der Waals surface area contributed by atoms with Crippen LogP contribution in [0.2, 0.25) is 0 Å². The first-order valence-electron chi connectivity index (χ1n) is 14.1. The van der Waals surface area contributed by atoms with Crippen LogP contribution < -0.4 is 5.32 Å². The molecule has 0 saturated heterocycles. The van der Waals surface area contributed by atoms with Crippen LogP contribution in [0.3, 0.4) is 0 Å². The molecule has 7 nitrogen and oxygen atoms in total. The van der Waals surface area contributed by atoms with Crippen LogP contribution in [0.15, 0.2) is 79.9 Å². The minimum Gasteiger partial charge on any atom is -0.461 e. The molecule has 0 spiro atoms. The molecule has 2 aromatic carbocycles. The average molecular weight is 547 g/mol. The molecule has 2 amide bonds. The van der Waals surface area contributed by atoms with Crippen LogP contribution in [-0.4, -0.2) is 53.1 Å². The summed E-state index contributed by atoms with van der Waals surface area (Å²) in [4.78, 5) is 41.0. The summed E-state index contributed by atoms with van der Waals surface area (Å²) in [6.07, 6.45) is 5.72. The molecule has 7 heteroatoms. The van der Waals surface area contributed by atoms with E-state index in [4.69, 9.17) is 4.74 Å². The molecule has 1 aliphatic heterocycles. The summed E-state index contributed by atoms with van der Waals surface area (Å²) in [7, 11) is 0. The second-order valence-electron chi connectivity index (χ2n) is 10.5. The number of esters is 1. The first-order valence-corrected chi connectivity index (χ1v) is 14.1. The van der Waals surface area contributed by atoms with Crippen molar-refractivity contribution in [2.24, 2.45) is 11.8 Å². The molecule has 1 heterocycles. The summed E-state index contributed by atoms with van der Waals surface area (Å²) < 4.78 is 5.70. The summed E-state index contributed by atoms with van der Waals surface area (Å²) in [5.74, 6) is -1.69. The van der Waals surface area contributed by atoms with Crippen molar-refractivity contribution >= 4 is 17.8 Å². The van der Waals surface area contributed by atoms with Gasteiger partial charge in [-0.3, -0.25) is 14.4 Å². The number of ether oxygens (including phenoxy) is 1. The van der Waals surface area contributed by atoms with Crippen molar-refractivity contribution in [1.29, 1.82) is 0 Å². The molecule has 40 heavy (non-hydrogen) atoms. The highest BCUT2D eigenvalue weighted by Gasteiger charge is 2.32. The number of carbonyl (C=O) groups is 3. The Morgan fingerprint density at radius 2 is 1.75 bits per heavy atom. The van der Waals surface area contributed by atoms with E-state index >= 15 is 0 Å². The minimum atomic E-state index is -0.608. The maximum Gasteiger partial charge on any atom is 0.309 e. The maximum absolute atomic E-state index is 13.3. The number of fused-ring (bicyclic) bond motifs is 1. The van der Waals surface area contributed by atoms with Gasteiger partial charge in [0.15, 0.2) is 0 Å². The summed E-state index contributed by atoms with van der Waals surface area (Å²) in [6.45, 7) is 9.67. The lowest BCUT2D eigenvalue weighted by atomic mass is 9.92. The molecule has 0 aliphatic carbocycles. The van der Waals surface area contributed by atoms with Gasteiger partial charge >= 0.3 is 5.97 Å². The third-order valence-corrected chi connectivity index (χ3v) is 7.39. The number of hydrogen-bond acceptors (Lipinski definition) is 5. The van der Waals surface area contributed by atoms with E-state index in [1.807, 2.05) is 54.6 Å². The van der Waals surface area contributed by atoms with Gasteiger partial charge in [0.25, 0.3) is 0 Å². The predicted molar refractivity (Wildman–Crippen MR) is 156 cm³/mol. The number of nitrogens with one attached hydrogen (secondary N) is 1. The van der Waals surface area contributed by atoms with E-state index < -0.39 is 12.0 Å². The highest BCUT2D eigenvalue weighted by molar-refractivity contribution is 5.86. The van der Waals surface area contributed by atoms with Crippen LogP contribution in [0.5, 0.6) is 0 Å². The van der Waals surface area contributed by atoms with Crippen LogP contribution in [0.1, 0.15) is 49.3 Å². The van der Waals surface area contributed by atoms with Crippen molar-refractivity contribution in [3.8, 4) is 0 Å². The largest absolute Gasteiger partial charge is 0.461 e. The number of nitrogens with zero attached hydrogens (tertiary/aromatic N) is 1. The number of carbonyl (C=O) groups excluding carboxylic acids is 3. The SMILES string of the molecule is C=CCC[C@H](Cc1ccccc1)C(=O)O[C@@H](C)CNC(=O)[C@@H](CC=C)CC(=O)N1Cc2ccccc2C[C@H]1CO. The Morgan fingerprint density at radius 3 is 2.42 bits per heavy atom. The summed E-state index contributed by atoms with van der Waals surface area (Å²) in [6, 6.07) is 17.4. The molecular formula is C33H42N2O5. The van der Waals surface area contributed by atoms with Crippen LogP contribution in [0, 0.1) is 11.8 Å². The zero-order valence-corrected chi connectivity index (χ0v) is 23.5. The van der Waals surface area contributed by atoms with Crippen molar-refractivity contribution in [3.05, 3.63) is 96.6 Å². The molecule has 0 bridgehead atoms. The topological polar surface area (TPSA) is 95.9 Å². The minimum absolute atomic E-state index is 0.00535. The van der Waals surface area contributed by atoms with Crippen molar-refractivity contribution in [2.45, 2.75) is 64.1 Å². The fraction of sp³-hybridized carbons (Fsp3) is 0.424. The summed E-state index contributed by atoms with van der Waals surface area (Å²) >= 11 is 0. The Hall–Kier alpha value is -3.71. The number of benzene rings is 2. The molecule has 0 fully saturated rings. The van der Waals surface area contributed by atoms with E-state index in [0.717, 1.165) is 16.7 Å². The summed E-state index contributed by atoms with van der Waals surface area (Å²) in [5, 5.41) is 12.8. The van der Waals surface area contributed by atoms with Crippen LogP contribution in [-0.2, 0) is 38.5 Å². The quantitative estimate of drug-likeness (QED) is 0.255. The van der Waals surface area contributed by atoms with E-state index in [-0.39, 0.29) is 49.3 Å². The second-order valence-corrected chi connectivity index (χ2v) is 10.5. The van der Waals surface area contributed by atoms with Gasteiger partial charge in [0.1, 0.15) is 6.10 Å². The van der Waals surface area contributed by atoms with Crippen LogP contribution in [0.25, 0.3) is 0 Å². The van der Waals surface area contributed by atoms with Crippen LogP contribution in [0.4, 0.5) is 0 Å². The lowest BCUT2D eigenvalue weighted by Gasteiger charge is -2.36. The van der Waals surface area contributed by atoms with E-state index in [2.05, 4.69) is 18.5 Å². The molecule has 0 aromatic heterocycles. The monoisotopic (exact) mass is 546 g/mol. The second kappa shape index (κ2) is 15.8. The Bertz CT molecular complexity index is 1150. The fourth-order valence-electron chi connectivity index (χ4n) is 5.10. The van der Waals surface area contributed by atoms with Gasteiger partial charge in [-0.15, -0.1) is 13.2 Å². The van der Waals surface area contributed by atoms with E-state index in [1.54, 1.807) is 24.0 Å². The van der Waals surface area contributed by atoms with Gasteiger partial charge < -0.3 is 20.1 Å². The number of amides is 2. The third kappa shape index (κ3) is 8.91. The van der Waals surface area contributed by atoms with E-state index in [0.29, 0.717) is 38.6 Å². The van der Waals surface area contributed by atoms with Gasteiger partial charge in [0, 0.05) is 13.0 Å². The first kappa shape index (κ1) is 30.8. The number of rotatable bonds is 15. The molecule has 0 saturated carbocycles. The molecule has 214 valence electrons. The van der Waals surface area contributed by atoms with E-state index in [1.165, 1.54) is 0 Å². The predicted octanol–water partition coefficient (Wildman–Crippen LogP) is 4.39. The summed E-state index contributed by atoms with van der Waals surface area (Å²) in [5.41, 5.74) is 3.25. The van der Waals surface area contributed by atoms with E-state index in [9.17, 15) is 19.5 Å². The number of aliphatic hydroxyl groups excluding tert-OH is 1. The standard InChI is InChI=1S/C33H42N2O5/c1-4-6-15-28(18-25-13-8-7-9-14-25)33(39)40-24(3)21-34-32(38)27(12-5-2)20-31(37)35-22-29-17-11-10-16-26(29)19-30(35)23-36/h4-5,7-11,13-14,16-17,24,27-28,30,36H,1-2,6,12,15,18-23H2,3H3,(H,34,38)/t24-,27-,28+,30-/m0/s1. The molecule has 3 rings (SSSR count). The van der Waals surface area contributed by atoms with Gasteiger partial charge in [0.05, 0.1) is 31.0 Å². The zero-order valence-electron chi connectivity index (χ0n) is 23.5. The first-order chi connectivity index (χ1) is 19.4. The molecule has 0 radical (unpaired) electrons. The number of allylic oxidation sites excluding steroid dienone is 2. The normalized spacial score (nSPS) is 16.6. The Labute approximate surface area is 237 Å². The van der Waals surface area contributed by atoms with Crippen molar-refractivity contribution < 1.29 is 24.2 Å². The van der Waals surface area contributed by atoms with Gasteiger partial charge in [-0.25, -0.2) is 0 Å². The fourth-order valence-corrected chi connectivity index (χ4v) is 5.10. The average Bonchev–Trinajstić information content (AvgIpc) is 2.97. The third-order valence-electron chi connectivity index (χ3n) is 7.39. The van der Waals surface area contributed by atoms with Gasteiger partial charge in [-0.1, -0.05) is 66.7 Å². The van der Waals surface area contributed by atoms with Crippen molar-refractivity contribution in [3.63, 3.8) is 0 Å². The molecule has 0 unspecified atom stereocenters. The van der Waals surface area contributed by atoms with Crippen LogP contribution >= 0.6 is 0 Å². The Kier molecular flexibility index (Phi) is 12.2. The van der Waals surface area contributed by atoms with Gasteiger partial charge in [-0.2, -0.15) is 0 Å². The zero-order chi connectivity index (χ0) is 28.9.